The normalized spacial score (nSPS) is 31.8. The summed E-state index contributed by atoms with van der Waals surface area (Å²) in [5, 5.41) is 18.9. The molecule has 5 atom stereocenters. The average Bonchev–Trinajstić information content (AvgIpc) is 3.35. The van der Waals surface area contributed by atoms with E-state index in [2.05, 4.69) is 13.5 Å². The zero-order valence-corrected chi connectivity index (χ0v) is 17.8. The lowest BCUT2D eigenvalue weighted by molar-refractivity contribution is -0.151. The van der Waals surface area contributed by atoms with Gasteiger partial charge in [-0.15, -0.1) is 6.58 Å². The van der Waals surface area contributed by atoms with Crippen molar-refractivity contribution < 1.29 is 29.3 Å². The predicted molar refractivity (Wildman–Crippen MR) is 110 cm³/mol. The number of rotatable bonds is 12. The molecule has 30 heavy (non-hydrogen) atoms. The van der Waals surface area contributed by atoms with Crippen LogP contribution in [0.2, 0.25) is 0 Å². The Hall–Kier alpha value is -1.93. The number of carbonyl (C=O) groups excluding carboxylic acids is 2. The minimum atomic E-state index is -1.06. The van der Waals surface area contributed by atoms with Gasteiger partial charge < -0.3 is 24.7 Å². The number of hydrogen-bond acceptors (Lipinski definition) is 5. The molecule has 0 saturated carbocycles. The molecule has 0 aliphatic carbocycles. The lowest BCUT2D eigenvalue weighted by atomic mass is 9.70. The summed E-state index contributed by atoms with van der Waals surface area (Å²) >= 11 is 0. The molecule has 0 aromatic heterocycles. The van der Waals surface area contributed by atoms with Crippen LogP contribution in [0.3, 0.4) is 0 Å². The topological polar surface area (TPSA) is 107 Å². The molecule has 0 radical (unpaired) electrons. The van der Waals surface area contributed by atoms with Gasteiger partial charge in [0.25, 0.3) is 0 Å². The van der Waals surface area contributed by atoms with Crippen LogP contribution in [0.25, 0.3) is 0 Å². The fraction of sp³-hybridized carbons (Fsp3) is 0.773. The largest absolute Gasteiger partial charge is 0.481 e. The summed E-state index contributed by atoms with van der Waals surface area (Å²) in [4.78, 5) is 42.3. The van der Waals surface area contributed by atoms with Crippen LogP contribution >= 0.6 is 0 Å². The fourth-order valence-corrected chi connectivity index (χ4v) is 5.52. The van der Waals surface area contributed by atoms with Crippen LogP contribution < -0.4 is 0 Å². The molecular weight excluding hydrogens is 388 g/mol. The van der Waals surface area contributed by atoms with Gasteiger partial charge in [0.1, 0.15) is 11.6 Å². The zero-order chi connectivity index (χ0) is 21.9. The molecular formula is C22H34N2O6. The highest BCUT2D eigenvalue weighted by Crippen LogP contribution is 2.58. The van der Waals surface area contributed by atoms with Crippen molar-refractivity contribution in [2.75, 3.05) is 26.2 Å². The predicted octanol–water partition coefficient (Wildman–Crippen LogP) is 1.42. The maximum absolute atomic E-state index is 13.7. The van der Waals surface area contributed by atoms with Crippen LogP contribution in [0.15, 0.2) is 12.7 Å². The lowest BCUT2D eigenvalue weighted by Gasteiger charge is -2.36. The van der Waals surface area contributed by atoms with Crippen molar-refractivity contribution in [3.05, 3.63) is 12.7 Å². The van der Waals surface area contributed by atoms with Crippen molar-refractivity contribution in [2.45, 2.75) is 69.6 Å². The van der Waals surface area contributed by atoms with Crippen molar-refractivity contribution in [1.29, 1.82) is 0 Å². The summed E-state index contributed by atoms with van der Waals surface area (Å²) in [7, 11) is 0. The second-order valence-corrected chi connectivity index (χ2v) is 8.64. The first-order valence-corrected chi connectivity index (χ1v) is 11.1. The molecule has 3 saturated heterocycles. The molecule has 0 aromatic carbocycles. The van der Waals surface area contributed by atoms with Gasteiger partial charge in [0.2, 0.25) is 11.8 Å². The number of carboxylic acids is 1. The Morgan fingerprint density at radius 3 is 2.73 bits per heavy atom. The summed E-state index contributed by atoms with van der Waals surface area (Å²) in [6, 6.07) is -0.815. The van der Waals surface area contributed by atoms with Crippen LogP contribution in [-0.4, -0.2) is 81.8 Å². The van der Waals surface area contributed by atoms with E-state index in [1.807, 2.05) is 0 Å². The molecule has 3 aliphatic rings. The van der Waals surface area contributed by atoms with E-state index in [9.17, 15) is 19.5 Å². The Bertz CT molecular complexity index is 683. The maximum atomic E-state index is 13.7. The van der Waals surface area contributed by atoms with E-state index in [0.29, 0.717) is 45.3 Å². The van der Waals surface area contributed by atoms with Crippen molar-refractivity contribution in [3.63, 3.8) is 0 Å². The SMILES string of the molecule is C=CCN(CCCCC)C(=O)C1N(CCCCO)C(=O)[C@@H]2[C@H](C(=O)O)[C@@H]3CCC12O3. The Labute approximate surface area is 177 Å². The van der Waals surface area contributed by atoms with Crippen LogP contribution in [0.5, 0.6) is 0 Å². The Balaban J connectivity index is 1.93. The smallest absolute Gasteiger partial charge is 0.310 e. The maximum Gasteiger partial charge on any atom is 0.310 e. The lowest BCUT2D eigenvalue weighted by Crippen LogP contribution is -2.56. The monoisotopic (exact) mass is 422 g/mol. The van der Waals surface area contributed by atoms with Gasteiger partial charge in [-0.1, -0.05) is 25.8 Å². The van der Waals surface area contributed by atoms with Gasteiger partial charge in [0.05, 0.1) is 17.9 Å². The van der Waals surface area contributed by atoms with E-state index in [1.165, 1.54) is 4.90 Å². The number of unbranched alkanes of at least 4 members (excludes halogenated alkanes) is 3. The molecule has 168 valence electrons. The molecule has 1 spiro atoms. The summed E-state index contributed by atoms with van der Waals surface area (Å²) in [5.74, 6) is -3.24. The first-order valence-electron chi connectivity index (χ1n) is 11.1. The number of carboxylic acid groups (broad SMARTS) is 1. The third-order valence-corrected chi connectivity index (χ3v) is 6.82. The third-order valence-electron chi connectivity index (χ3n) is 6.82. The minimum Gasteiger partial charge on any atom is -0.481 e. The third kappa shape index (κ3) is 3.75. The standard InChI is InChI=1S/C22H34N2O6/c1-3-5-6-12-23(11-4-2)20(27)18-22-10-9-15(30-22)16(21(28)29)17(22)19(26)24(18)13-7-8-14-25/h4,15-18,25H,2-3,5-14H2,1H3,(H,28,29)/t15-,16+,17-,18?,22?/m0/s1. The fourth-order valence-electron chi connectivity index (χ4n) is 5.52. The number of aliphatic hydroxyl groups is 1. The van der Waals surface area contributed by atoms with Gasteiger partial charge in [0.15, 0.2) is 0 Å². The van der Waals surface area contributed by atoms with Gasteiger partial charge in [-0.05, 0) is 32.1 Å². The number of aliphatic carboxylic acids is 1. The molecule has 3 fully saturated rings. The van der Waals surface area contributed by atoms with Gasteiger partial charge in [-0.3, -0.25) is 14.4 Å². The molecule has 2 N–H and O–H groups in total. The van der Waals surface area contributed by atoms with E-state index < -0.39 is 35.6 Å². The van der Waals surface area contributed by atoms with Crippen molar-refractivity contribution >= 4 is 17.8 Å². The van der Waals surface area contributed by atoms with Crippen LogP contribution in [0.1, 0.15) is 51.9 Å². The van der Waals surface area contributed by atoms with E-state index in [4.69, 9.17) is 9.84 Å². The highest BCUT2D eigenvalue weighted by Gasteiger charge is 2.74. The number of hydrogen-bond donors (Lipinski definition) is 2. The number of aliphatic hydroxyl groups excluding tert-OH is 1. The molecule has 3 aliphatic heterocycles. The summed E-state index contributed by atoms with van der Waals surface area (Å²) < 4.78 is 6.19. The molecule has 3 heterocycles. The Kier molecular flexibility index (Phi) is 7.18. The van der Waals surface area contributed by atoms with E-state index in [0.717, 1.165) is 19.3 Å². The van der Waals surface area contributed by atoms with Gasteiger partial charge in [-0.25, -0.2) is 0 Å². The highest BCUT2D eigenvalue weighted by atomic mass is 16.5. The number of nitrogens with zero attached hydrogens (tertiary/aromatic N) is 2. The molecule has 2 amide bonds. The highest BCUT2D eigenvalue weighted by molar-refractivity contribution is 5.98. The first-order chi connectivity index (χ1) is 14.4. The number of carbonyl (C=O) groups is 3. The van der Waals surface area contributed by atoms with Crippen molar-refractivity contribution in [3.8, 4) is 0 Å². The second-order valence-electron chi connectivity index (χ2n) is 8.64. The summed E-state index contributed by atoms with van der Waals surface area (Å²) in [6.45, 7) is 7.13. The second kappa shape index (κ2) is 9.47. The number of likely N-dealkylation sites (tertiary alicyclic amines) is 1. The number of amides is 2. The number of ether oxygens (including phenoxy) is 1. The first kappa shape index (κ1) is 22.7. The van der Waals surface area contributed by atoms with Gasteiger partial charge in [0, 0.05) is 26.2 Å². The molecule has 2 bridgehead atoms. The Morgan fingerprint density at radius 2 is 2.10 bits per heavy atom. The molecule has 8 heteroatoms. The van der Waals surface area contributed by atoms with Crippen molar-refractivity contribution in [2.24, 2.45) is 11.8 Å². The average molecular weight is 423 g/mol. The van der Waals surface area contributed by atoms with Gasteiger partial charge >= 0.3 is 5.97 Å². The summed E-state index contributed by atoms with van der Waals surface area (Å²) in [5.41, 5.74) is -1.06. The van der Waals surface area contributed by atoms with Gasteiger partial charge in [-0.2, -0.15) is 0 Å². The van der Waals surface area contributed by atoms with E-state index in [1.54, 1.807) is 11.0 Å². The molecule has 2 unspecified atom stereocenters. The summed E-state index contributed by atoms with van der Waals surface area (Å²) in [6.07, 6.45) is 6.18. The van der Waals surface area contributed by atoms with E-state index in [-0.39, 0.29) is 18.4 Å². The minimum absolute atomic E-state index is 0.00511. The molecule has 8 nitrogen and oxygen atoms in total. The van der Waals surface area contributed by atoms with Crippen LogP contribution in [0, 0.1) is 11.8 Å². The molecule has 0 aromatic rings. The van der Waals surface area contributed by atoms with Crippen molar-refractivity contribution in [1.82, 2.24) is 9.80 Å². The van der Waals surface area contributed by atoms with Crippen LogP contribution in [0.4, 0.5) is 0 Å². The quantitative estimate of drug-likeness (QED) is 0.364. The van der Waals surface area contributed by atoms with E-state index >= 15 is 0 Å². The molecule has 3 rings (SSSR count). The zero-order valence-electron chi connectivity index (χ0n) is 17.8. The number of fused-ring (bicyclic) bond motifs is 1. The Morgan fingerprint density at radius 1 is 1.33 bits per heavy atom. The van der Waals surface area contributed by atoms with Crippen LogP contribution in [-0.2, 0) is 19.1 Å².